The van der Waals surface area contributed by atoms with Crippen LogP contribution in [0.15, 0.2) is 48.7 Å². The maximum atomic E-state index is 14.7. The summed E-state index contributed by atoms with van der Waals surface area (Å²) >= 11 is 5.92. The minimum absolute atomic E-state index is 0.131. The molecule has 3 heterocycles. The summed E-state index contributed by atoms with van der Waals surface area (Å²) in [4.78, 5) is 17.5. The molecule has 1 N–H and O–H groups in total. The lowest BCUT2D eigenvalue weighted by Crippen LogP contribution is -2.34. The van der Waals surface area contributed by atoms with Crippen LogP contribution in [0.2, 0.25) is 5.02 Å². The van der Waals surface area contributed by atoms with E-state index in [-0.39, 0.29) is 23.0 Å². The third-order valence-electron chi connectivity index (χ3n) is 7.37. The number of fused-ring (bicyclic) bond motifs is 1. The molecule has 0 aliphatic carbocycles. The Kier molecular flexibility index (Phi) is 8.49. The number of carboxylic acids is 1. The number of aliphatic carboxylic acids is 1. The van der Waals surface area contributed by atoms with Gasteiger partial charge in [-0.15, -0.1) is 13.2 Å². The van der Waals surface area contributed by atoms with Gasteiger partial charge in [-0.2, -0.15) is 0 Å². The molecule has 2 aliphatic rings. The molecule has 13 heteroatoms. The molecule has 3 aromatic rings. The van der Waals surface area contributed by atoms with E-state index in [0.717, 1.165) is 24.5 Å². The van der Waals surface area contributed by atoms with Gasteiger partial charge in [0.15, 0.2) is 11.5 Å². The lowest BCUT2D eigenvalue weighted by Gasteiger charge is -2.32. The molecule has 1 saturated heterocycles. The molecule has 1 unspecified atom stereocenters. The summed E-state index contributed by atoms with van der Waals surface area (Å²) in [5.74, 6) is -1.34. The van der Waals surface area contributed by atoms with Crippen molar-refractivity contribution in [2.24, 2.45) is 0 Å². The monoisotopic (exact) mass is 609 g/mol. The summed E-state index contributed by atoms with van der Waals surface area (Å²) in [6, 6.07) is 9.97. The average molecular weight is 610 g/mol. The molecule has 2 aromatic carbocycles. The fourth-order valence-corrected chi connectivity index (χ4v) is 5.55. The molecule has 2 aliphatic heterocycles. The van der Waals surface area contributed by atoms with Crippen LogP contribution in [0.25, 0.3) is 6.08 Å². The Morgan fingerprint density at radius 2 is 2.00 bits per heavy atom. The maximum Gasteiger partial charge on any atom is 0.522 e. The van der Waals surface area contributed by atoms with Crippen molar-refractivity contribution in [3.63, 3.8) is 0 Å². The number of nitrogens with zero attached hydrogens (tertiary/aromatic N) is 3. The van der Waals surface area contributed by atoms with Crippen LogP contribution in [-0.4, -0.2) is 51.6 Å². The van der Waals surface area contributed by atoms with E-state index in [2.05, 4.69) is 14.6 Å². The molecule has 1 atom stereocenters. The van der Waals surface area contributed by atoms with Gasteiger partial charge in [0, 0.05) is 30.1 Å². The van der Waals surface area contributed by atoms with Crippen LogP contribution in [0.1, 0.15) is 48.3 Å². The van der Waals surface area contributed by atoms with Gasteiger partial charge in [-0.25, -0.2) is 14.2 Å². The van der Waals surface area contributed by atoms with Crippen LogP contribution in [-0.2, 0) is 28.4 Å². The van der Waals surface area contributed by atoms with E-state index < -0.39 is 30.5 Å². The first-order chi connectivity index (χ1) is 19.9. The highest BCUT2D eigenvalue weighted by Crippen LogP contribution is 2.49. The summed E-state index contributed by atoms with van der Waals surface area (Å²) in [6.07, 6.45) is 0.377. The third-order valence-corrected chi connectivity index (χ3v) is 7.61. The number of halogens is 5. The number of benzene rings is 2. The van der Waals surface area contributed by atoms with Crippen molar-refractivity contribution in [1.82, 2.24) is 14.5 Å². The van der Waals surface area contributed by atoms with E-state index in [1.165, 1.54) is 22.9 Å². The topological polar surface area (TPSA) is 86.1 Å². The van der Waals surface area contributed by atoms with E-state index >= 15 is 0 Å². The molecule has 0 amide bonds. The first kappa shape index (κ1) is 29.9. The molecule has 5 rings (SSSR count). The molecule has 0 spiro atoms. The van der Waals surface area contributed by atoms with Crippen molar-refractivity contribution < 1.29 is 41.7 Å². The molecular formula is C29H28ClF4N3O5. The van der Waals surface area contributed by atoms with Crippen molar-refractivity contribution >= 4 is 23.6 Å². The minimum Gasteiger partial charge on any atom is -0.478 e. The molecule has 224 valence electrons. The standard InChI is InChI=1S/C29H28ClF4N3O5/c1-28(22-7-5-19(30)15-23(22)31)41-24-4-2-3-21(27(24)42-28)18-9-11-36(12-10-18)17-25-35-16-20(6-8-26(38)39)37(25)13-14-40-29(32,33)34/h2-8,15-16,18H,9-14,17H2,1H3,(H,38,39). The van der Waals surface area contributed by atoms with Gasteiger partial charge in [0.1, 0.15) is 11.6 Å². The molecular weight excluding hydrogens is 582 g/mol. The summed E-state index contributed by atoms with van der Waals surface area (Å²) in [7, 11) is 0. The van der Waals surface area contributed by atoms with E-state index in [4.69, 9.17) is 26.2 Å². The molecule has 0 saturated carbocycles. The molecule has 42 heavy (non-hydrogen) atoms. The van der Waals surface area contributed by atoms with Crippen molar-refractivity contribution in [1.29, 1.82) is 0 Å². The number of carboxylic acid groups (broad SMARTS) is 1. The van der Waals surface area contributed by atoms with Gasteiger partial charge in [0.05, 0.1) is 30.6 Å². The lowest BCUT2D eigenvalue weighted by molar-refractivity contribution is -0.325. The normalized spacial score (nSPS) is 19.6. The molecule has 1 aromatic heterocycles. The Morgan fingerprint density at radius 3 is 2.69 bits per heavy atom. The van der Waals surface area contributed by atoms with Gasteiger partial charge in [-0.1, -0.05) is 23.7 Å². The largest absolute Gasteiger partial charge is 0.522 e. The highest BCUT2D eigenvalue weighted by atomic mass is 35.5. The van der Waals surface area contributed by atoms with Gasteiger partial charge < -0.3 is 19.1 Å². The summed E-state index contributed by atoms with van der Waals surface area (Å²) in [5, 5.41) is 9.24. The minimum atomic E-state index is -4.77. The number of para-hydroxylation sites is 1. The van der Waals surface area contributed by atoms with Gasteiger partial charge in [0.2, 0.25) is 0 Å². The van der Waals surface area contributed by atoms with E-state index in [0.29, 0.717) is 42.7 Å². The summed E-state index contributed by atoms with van der Waals surface area (Å²) in [6.45, 7) is 2.58. The summed E-state index contributed by atoms with van der Waals surface area (Å²) in [5.41, 5.74) is 1.56. The number of hydrogen-bond donors (Lipinski definition) is 1. The van der Waals surface area contributed by atoms with Crippen molar-refractivity contribution in [2.75, 3.05) is 19.7 Å². The second-order valence-electron chi connectivity index (χ2n) is 10.2. The number of imidazole rings is 1. The van der Waals surface area contributed by atoms with Crippen LogP contribution in [0.5, 0.6) is 11.5 Å². The van der Waals surface area contributed by atoms with Gasteiger partial charge in [-0.05, 0) is 62.2 Å². The number of hydrogen-bond acceptors (Lipinski definition) is 6. The fourth-order valence-electron chi connectivity index (χ4n) is 5.39. The van der Waals surface area contributed by atoms with Crippen molar-refractivity contribution in [3.8, 4) is 11.5 Å². The SMILES string of the molecule is CC1(c2ccc(Cl)cc2F)Oc2cccc(C3CCN(Cc4ncc(C=CC(=O)O)n4CCOC(F)(F)F)CC3)c2O1. The van der Waals surface area contributed by atoms with Crippen LogP contribution in [0.4, 0.5) is 17.6 Å². The zero-order valence-corrected chi connectivity index (χ0v) is 23.3. The smallest absolute Gasteiger partial charge is 0.478 e. The average Bonchev–Trinajstić information content (AvgIpc) is 3.47. The lowest BCUT2D eigenvalue weighted by atomic mass is 9.88. The van der Waals surface area contributed by atoms with Gasteiger partial charge >= 0.3 is 12.3 Å². The van der Waals surface area contributed by atoms with Gasteiger partial charge in [-0.3, -0.25) is 9.64 Å². The molecule has 1 fully saturated rings. The maximum absolute atomic E-state index is 14.7. The fraction of sp³-hybridized carbons (Fsp3) is 0.379. The quantitative estimate of drug-likeness (QED) is 0.224. The van der Waals surface area contributed by atoms with Crippen LogP contribution in [0, 0.1) is 5.82 Å². The molecule has 0 bridgehead atoms. The Labute approximate surface area is 244 Å². The summed E-state index contributed by atoms with van der Waals surface area (Å²) < 4.78 is 70.2. The second-order valence-corrected chi connectivity index (χ2v) is 10.7. The number of ether oxygens (including phenoxy) is 3. The number of aromatic nitrogens is 2. The first-order valence-electron chi connectivity index (χ1n) is 13.3. The number of rotatable bonds is 9. The first-order valence-corrected chi connectivity index (χ1v) is 13.6. The van der Waals surface area contributed by atoms with Crippen molar-refractivity contribution in [2.45, 2.75) is 50.9 Å². The predicted molar refractivity (Wildman–Crippen MR) is 145 cm³/mol. The zero-order chi connectivity index (χ0) is 30.1. The van der Waals surface area contributed by atoms with E-state index in [1.807, 2.05) is 12.1 Å². The zero-order valence-electron chi connectivity index (χ0n) is 22.5. The third kappa shape index (κ3) is 6.71. The Morgan fingerprint density at radius 1 is 1.24 bits per heavy atom. The van der Waals surface area contributed by atoms with E-state index in [9.17, 15) is 22.4 Å². The van der Waals surface area contributed by atoms with Crippen molar-refractivity contribution in [3.05, 3.63) is 82.2 Å². The van der Waals surface area contributed by atoms with Gasteiger partial charge in [0.25, 0.3) is 5.79 Å². The highest BCUT2D eigenvalue weighted by Gasteiger charge is 2.43. The number of piperidine rings is 1. The number of likely N-dealkylation sites (tertiary alicyclic amines) is 1. The Bertz CT molecular complexity index is 1490. The Balaban J connectivity index is 1.26. The second kappa shape index (κ2) is 11.9. The molecule has 0 radical (unpaired) electrons. The van der Waals surface area contributed by atoms with E-state index in [1.54, 1.807) is 25.1 Å². The Hall–Kier alpha value is -3.61. The van der Waals surface area contributed by atoms with Crippen LogP contribution >= 0.6 is 11.6 Å². The number of alkyl halides is 3. The highest BCUT2D eigenvalue weighted by molar-refractivity contribution is 6.30. The van der Waals surface area contributed by atoms with Crippen LogP contribution < -0.4 is 9.47 Å². The molecule has 8 nitrogen and oxygen atoms in total. The predicted octanol–water partition coefficient (Wildman–Crippen LogP) is 6.33. The number of carbonyl (C=O) groups is 1. The van der Waals surface area contributed by atoms with Crippen LogP contribution in [0.3, 0.4) is 0 Å².